The van der Waals surface area contributed by atoms with Crippen LogP contribution in [0.2, 0.25) is 0 Å². The summed E-state index contributed by atoms with van der Waals surface area (Å²) < 4.78 is 0. The lowest BCUT2D eigenvalue weighted by Gasteiger charge is -2.37. The van der Waals surface area contributed by atoms with Crippen molar-refractivity contribution in [2.24, 2.45) is 0 Å². The number of piperidine rings is 2. The Morgan fingerprint density at radius 1 is 1.24 bits per heavy atom. The molecule has 120 valence electrons. The molecule has 0 aromatic heterocycles. The van der Waals surface area contributed by atoms with Gasteiger partial charge in [-0.15, -0.1) is 0 Å². The Hall–Kier alpha value is -1.10. The van der Waals surface area contributed by atoms with Crippen molar-refractivity contribution in [2.75, 3.05) is 13.1 Å². The molecule has 0 spiro atoms. The fraction of sp³-hybridized carbons (Fsp3) is 0.875. The third-order valence-electron chi connectivity index (χ3n) is 4.68. The molecule has 3 atom stereocenters. The largest absolute Gasteiger partial charge is 0.350 e. The number of carbonyl (C=O) groups is 2. The number of amides is 2. The van der Waals surface area contributed by atoms with Crippen molar-refractivity contribution in [1.29, 1.82) is 0 Å². The third kappa shape index (κ3) is 4.19. The molecule has 21 heavy (non-hydrogen) atoms. The Bertz CT molecular complexity index is 373. The van der Waals surface area contributed by atoms with Crippen LogP contribution in [0, 0.1) is 0 Å². The Morgan fingerprint density at radius 2 is 2.05 bits per heavy atom. The monoisotopic (exact) mass is 295 g/mol. The number of carbonyl (C=O) groups excluding carboxylic acids is 2. The Kier molecular flexibility index (Phi) is 6.03. The van der Waals surface area contributed by atoms with Crippen molar-refractivity contribution < 1.29 is 9.59 Å². The zero-order valence-corrected chi connectivity index (χ0v) is 13.4. The molecular weight excluding hydrogens is 266 g/mol. The Labute approximate surface area is 127 Å². The summed E-state index contributed by atoms with van der Waals surface area (Å²) >= 11 is 0. The Morgan fingerprint density at radius 3 is 2.76 bits per heavy atom. The molecule has 0 radical (unpaired) electrons. The molecule has 2 N–H and O–H groups in total. The summed E-state index contributed by atoms with van der Waals surface area (Å²) in [6.45, 7) is 5.88. The highest BCUT2D eigenvalue weighted by atomic mass is 16.2. The van der Waals surface area contributed by atoms with E-state index in [-0.39, 0.29) is 23.9 Å². The standard InChI is InChI=1S/C16H29N3O2/c1-3-7-15(20)19-11-5-4-9-14(19)16(21)18-13-8-6-10-17-12(13)2/h12-14,17H,3-11H2,1-2H3,(H,18,21). The van der Waals surface area contributed by atoms with Crippen LogP contribution in [0.5, 0.6) is 0 Å². The lowest BCUT2D eigenvalue weighted by atomic mass is 9.97. The molecule has 5 nitrogen and oxygen atoms in total. The van der Waals surface area contributed by atoms with Gasteiger partial charge in [0.15, 0.2) is 0 Å². The second-order valence-electron chi connectivity index (χ2n) is 6.35. The van der Waals surface area contributed by atoms with E-state index in [1.165, 1.54) is 0 Å². The zero-order chi connectivity index (χ0) is 15.2. The molecule has 2 aliphatic heterocycles. The van der Waals surface area contributed by atoms with E-state index in [1.807, 2.05) is 11.8 Å². The van der Waals surface area contributed by atoms with Crippen molar-refractivity contribution >= 4 is 11.8 Å². The minimum absolute atomic E-state index is 0.0414. The number of rotatable bonds is 4. The van der Waals surface area contributed by atoms with Gasteiger partial charge in [0.05, 0.1) is 0 Å². The molecule has 0 saturated carbocycles. The van der Waals surface area contributed by atoms with Gasteiger partial charge in [-0.3, -0.25) is 9.59 Å². The van der Waals surface area contributed by atoms with E-state index in [0.29, 0.717) is 12.5 Å². The predicted octanol–water partition coefficient (Wildman–Crippen LogP) is 1.42. The number of hydrogen-bond donors (Lipinski definition) is 2. The van der Waals surface area contributed by atoms with Crippen molar-refractivity contribution in [1.82, 2.24) is 15.5 Å². The van der Waals surface area contributed by atoms with Gasteiger partial charge in [-0.2, -0.15) is 0 Å². The van der Waals surface area contributed by atoms with Gasteiger partial charge in [0.25, 0.3) is 0 Å². The van der Waals surface area contributed by atoms with Crippen LogP contribution in [0.4, 0.5) is 0 Å². The minimum atomic E-state index is -0.257. The first-order valence-corrected chi connectivity index (χ1v) is 8.46. The molecule has 2 amide bonds. The van der Waals surface area contributed by atoms with Crippen LogP contribution in [-0.4, -0.2) is 47.9 Å². The van der Waals surface area contributed by atoms with Gasteiger partial charge < -0.3 is 15.5 Å². The highest BCUT2D eigenvalue weighted by Gasteiger charge is 2.33. The number of nitrogens with one attached hydrogen (secondary N) is 2. The smallest absolute Gasteiger partial charge is 0.243 e. The zero-order valence-electron chi connectivity index (χ0n) is 13.4. The maximum Gasteiger partial charge on any atom is 0.243 e. The van der Waals surface area contributed by atoms with Gasteiger partial charge in [-0.1, -0.05) is 6.92 Å². The first-order valence-electron chi connectivity index (χ1n) is 8.46. The minimum Gasteiger partial charge on any atom is -0.350 e. The second-order valence-corrected chi connectivity index (χ2v) is 6.35. The summed E-state index contributed by atoms with van der Waals surface area (Å²) in [5.74, 6) is 0.173. The topological polar surface area (TPSA) is 61.4 Å². The molecule has 0 aromatic carbocycles. The van der Waals surface area contributed by atoms with E-state index in [0.717, 1.165) is 51.6 Å². The average Bonchev–Trinajstić information content (AvgIpc) is 2.50. The summed E-state index contributed by atoms with van der Waals surface area (Å²) in [5, 5.41) is 6.57. The molecule has 0 aliphatic carbocycles. The van der Waals surface area contributed by atoms with Crippen LogP contribution in [-0.2, 0) is 9.59 Å². The average molecular weight is 295 g/mol. The SMILES string of the molecule is CCCC(=O)N1CCCCC1C(=O)NC1CCCNC1C. The molecule has 0 bridgehead atoms. The first kappa shape index (κ1) is 16.3. The summed E-state index contributed by atoms with van der Waals surface area (Å²) in [5.41, 5.74) is 0. The maximum absolute atomic E-state index is 12.6. The molecule has 2 rings (SSSR count). The van der Waals surface area contributed by atoms with Crippen molar-refractivity contribution in [2.45, 2.75) is 76.9 Å². The fourth-order valence-electron chi connectivity index (χ4n) is 3.38. The summed E-state index contributed by atoms with van der Waals surface area (Å²) in [7, 11) is 0. The summed E-state index contributed by atoms with van der Waals surface area (Å²) in [6, 6.07) is 0.245. The van der Waals surface area contributed by atoms with E-state index in [1.54, 1.807) is 0 Å². The van der Waals surface area contributed by atoms with Crippen molar-refractivity contribution in [3.05, 3.63) is 0 Å². The van der Waals surface area contributed by atoms with Gasteiger partial charge >= 0.3 is 0 Å². The highest BCUT2D eigenvalue weighted by molar-refractivity contribution is 5.88. The maximum atomic E-state index is 12.6. The lowest BCUT2D eigenvalue weighted by molar-refractivity contribution is -0.142. The molecule has 2 fully saturated rings. The molecule has 2 aliphatic rings. The number of hydrogen-bond acceptors (Lipinski definition) is 3. The molecular formula is C16H29N3O2. The van der Waals surface area contributed by atoms with E-state index in [4.69, 9.17) is 0 Å². The van der Waals surface area contributed by atoms with E-state index < -0.39 is 0 Å². The van der Waals surface area contributed by atoms with Gasteiger partial charge in [0.1, 0.15) is 6.04 Å². The molecule has 5 heteroatoms. The van der Waals surface area contributed by atoms with Crippen LogP contribution in [0.25, 0.3) is 0 Å². The summed E-state index contributed by atoms with van der Waals surface area (Å²) in [4.78, 5) is 26.6. The highest BCUT2D eigenvalue weighted by Crippen LogP contribution is 2.19. The summed E-state index contributed by atoms with van der Waals surface area (Å²) in [6.07, 6.45) is 6.36. The molecule has 0 aromatic rings. The third-order valence-corrected chi connectivity index (χ3v) is 4.68. The van der Waals surface area contributed by atoms with Gasteiger partial charge in [-0.25, -0.2) is 0 Å². The predicted molar refractivity (Wildman–Crippen MR) is 82.9 cm³/mol. The first-order chi connectivity index (χ1) is 10.1. The van der Waals surface area contributed by atoms with Crippen molar-refractivity contribution in [3.8, 4) is 0 Å². The van der Waals surface area contributed by atoms with Crippen LogP contribution < -0.4 is 10.6 Å². The van der Waals surface area contributed by atoms with Gasteiger partial charge in [0.2, 0.25) is 11.8 Å². The van der Waals surface area contributed by atoms with E-state index >= 15 is 0 Å². The van der Waals surface area contributed by atoms with Crippen LogP contribution in [0.1, 0.15) is 58.8 Å². The van der Waals surface area contributed by atoms with E-state index in [9.17, 15) is 9.59 Å². The number of nitrogens with zero attached hydrogens (tertiary/aromatic N) is 1. The van der Waals surface area contributed by atoms with Crippen molar-refractivity contribution in [3.63, 3.8) is 0 Å². The Balaban J connectivity index is 1.96. The fourth-order valence-corrected chi connectivity index (χ4v) is 3.38. The van der Waals surface area contributed by atoms with Gasteiger partial charge in [0, 0.05) is 25.0 Å². The van der Waals surface area contributed by atoms with Crippen LogP contribution >= 0.6 is 0 Å². The van der Waals surface area contributed by atoms with E-state index in [2.05, 4.69) is 17.6 Å². The molecule has 3 unspecified atom stereocenters. The lowest BCUT2D eigenvalue weighted by Crippen LogP contribution is -2.58. The van der Waals surface area contributed by atoms with Crippen LogP contribution in [0.3, 0.4) is 0 Å². The molecule has 2 saturated heterocycles. The molecule has 2 heterocycles. The quantitative estimate of drug-likeness (QED) is 0.824. The normalized spacial score (nSPS) is 30.0. The number of likely N-dealkylation sites (tertiary alicyclic amines) is 1. The van der Waals surface area contributed by atoms with Gasteiger partial charge in [-0.05, 0) is 52.0 Å². The second kappa shape index (κ2) is 7.78. The van der Waals surface area contributed by atoms with Crippen LogP contribution in [0.15, 0.2) is 0 Å².